The van der Waals surface area contributed by atoms with E-state index in [0.717, 1.165) is 4.47 Å². The number of aromatic nitrogens is 1. The van der Waals surface area contributed by atoms with Crippen molar-refractivity contribution in [3.8, 4) is 0 Å². The van der Waals surface area contributed by atoms with Crippen LogP contribution < -0.4 is 11.1 Å². The number of nitrogens with one attached hydrogen (secondary N) is 1. The first-order chi connectivity index (χ1) is 8.12. The summed E-state index contributed by atoms with van der Waals surface area (Å²) in [5.74, 6) is -0.856. The van der Waals surface area contributed by atoms with Gasteiger partial charge in [0.05, 0.1) is 0 Å². The van der Waals surface area contributed by atoms with E-state index in [0.29, 0.717) is 5.69 Å². The minimum atomic E-state index is -0.710. The molecule has 0 fully saturated rings. The van der Waals surface area contributed by atoms with Crippen LogP contribution in [0.15, 0.2) is 16.7 Å². The Morgan fingerprint density at radius 3 is 2.33 bits per heavy atom. The van der Waals surface area contributed by atoms with Gasteiger partial charge in [-0.25, -0.2) is 0 Å². The second-order valence-corrected chi connectivity index (χ2v) is 6.25. The molecular weight excluding hydrogens is 298 g/mol. The summed E-state index contributed by atoms with van der Waals surface area (Å²) in [7, 11) is 1.76. The second-order valence-electron chi connectivity index (χ2n) is 5.33. The maximum absolute atomic E-state index is 12.1. The molecule has 1 aromatic heterocycles. The fourth-order valence-corrected chi connectivity index (χ4v) is 2.19. The van der Waals surface area contributed by atoms with Crippen molar-refractivity contribution in [2.45, 2.75) is 26.8 Å². The fraction of sp³-hybridized carbons (Fsp3) is 0.500. The summed E-state index contributed by atoms with van der Waals surface area (Å²) in [5, 5.41) is 2.67. The van der Waals surface area contributed by atoms with Crippen LogP contribution in [0.2, 0.25) is 0 Å². The van der Waals surface area contributed by atoms with Gasteiger partial charge in [-0.05, 0) is 27.4 Å². The van der Waals surface area contributed by atoms with E-state index in [4.69, 9.17) is 5.73 Å². The number of primary amides is 1. The maximum atomic E-state index is 12.1. The van der Waals surface area contributed by atoms with Crippen LogP contribution in [0.25, 0.3) is 0 Å². The van der Waals surface area contributed by atoms with E-state index in [1.165, 1.54) is 0 Å². The first-order valence-corrected chi connectivity index (χ1v) is 6.34. The molecule has 100 valence electrons. The van der Waals surface area contributed by atoms with Crippen molar-refractivity contribution >= 4 is 27.7 Å². The largest absolute Gasteiger partial charge is 0.368 e. The van der Waals surface area contributed by atoms with E-state index >= 15 is 0 Å². The van der Waals surface area contributed by atoms with Crippen molar-refractivity contribution in [1.29, 1.82) is 0 Å². The van der Waals surface area contributed by atoms with Gasteiger partial charge >= 0.3 is 0 Å². The predicted octanol–water partition coefficient (Wildman–Crippen LogP) is 1.42. The Labute approximate surface area is 115 Å². The van der Waals surface area contributed by atoms with E-state index in [1.54, 1.807) is 23.9 Å². The smallest absolute Gasteiger partial charge is 0.268 e. The molecule has 0 radical (unpaired) electrons. The molecule has 0 saturated carbocycles. The minimum absolute atomic E-state index is 0.318. The highest BCUT2D eigenvalue weighted by Crippen LogP contribution is 2.20. The fourth-order valence-electron chi connectivity index (χ4n) is 1.67. The number of carbonyl (C=O) groups excluding carboxylic acids is 2. The van der Waals surface area contributed by atoms with Crippen LogP contribution in [0, 0.1) is 5.41 Å². The standard InChI is InChI=1S/C12H18BrN3O2/c1-12(2,3)9(10(14)17)15-11(18)8-5-7(13)6-16(8)4/h5-6,9H,1-4H3,(H2,14,17)(H,15,18)/t9-/m1/s1. The lowest BCUT2D eigenvalue weighted by Crippen LogP contribution is -2.52. The monoisotopic (exact) mass is 315 g/mol. The number of carbonyl (C=O) groups is 2. The highest BCUT2D eigenvalue weighted by molar-refractivity contribution is 9.10. The minimum Gasteiger partial charge on any atom is -0.368 e. The Morgan fingerprint density at radius 2 is 2.00 bits per heavy atom. The van der Waals surface area contributed by atoms with Gasteiger partial charge in [0.25, 0.3) is 5.91 Å². The normalized spacial score (nSPS) is 13.2. The molecule has 5 nitrogen and oxygen atoms in total. The molecule has 3 N–H and O–H groups in total. The molecule has 0 aliphatic rings. The number of hydrogen-bond acceptors (Lipinski definition) is 2. The zero-order chi connectivity index (χ0) is 14.1. The lowest BCUT2D eigenvalue weighted by molar-refractivity contribution is -0.122. The topological polar surface area (TPSA) is 77.1 Å². The number of rotatable bonds is 3. The average molecular weight is 316 g/mol. The molecule has 0 aliphatic heterocycles. The van der Waals surface area contributed by atoms with Gasteiger partial charge in [-0.2, -0.15) is 0 Å². The average Bonchev–Trinajstić information content (AvgIpc) is 2.51. The molecule has 0 saturated heterocycles. The van der Waals surface area contributed by atoms with E-state index in [1.807, 2.05) is 20.8 Å². The lowest BCUT2D eigenvalue weighted by Gasteiger charge is -2.28. The Bertz CT molecular complexity index is 474. The van der Waals surface area contributed by atoms with Crippen LogP contribution in [0.5, 0.6) is 0 Å². The molecule has 1 heterocycles. The number of nitrogens with zero attached hydrogens (tertiary/aromatic N) is 1. The van der Waals surface area contributed by atoms with E-state index < -0.39 is 17.4 Å². The van der Waals surface area contributed by atoms with Crippen molar-refractivity contribution < 1.29 is 9.59 Å². The summed E-state index contributed by atoms with van der Waals surface area (Å²) in [6, 6.07) is 0.981. The summed E-state index contributed by atoms with van der Waals surface area (Å²) in [4.78, 5) is 23.5. The predicted molar refractivity (Wildman–Crippen MR) is 73.0 cm³/mol. The SMILES string of the molecule is Cn1cc(Br)cc1C(=O)N[C@H](C(N)=O)C(C)(C)C. The lowest BCUT2D eigenvalue weighted by atomic mass is 9.86. The number of amides is 2. The quantitative estimate of drug-likeness (QED) is 0.885. The van der Waals surface area contributed by atoms with Gasteiger partial charge < -0.3 is 15.6 Å². The Balaban J connectivity index is 2.93. The molecular formula is C12H18BrN3O2. The molecule has 0 aliphatic carbocycles. The first-order valence-electron chi connectivity index (χ1n) is 5.55. The van der Waals surface area contributed by atoms with Gasteiger partial charge in [-0.1, -0.05) is 20.8 Å². The van der Waals surface area contributed by atoms with Crippen LogP contribution in [0.1, 0.15) is 31.3 Å². The summed E-state index contributed by atoms with van der Waals surface area (Å²) < 4.78 is 2.49. The van der Waals surface area contributed by atoms with E-state index in [2.05, 4.69) is 21.2 Å². The van der Waals surface area contributed by atoms with Crippen molar-refractivity contribution in [1.82, 2.24) is 9.88 Å². The number of aryl methyl sites for hydroxylation is 1. The Hall–Kier alpha value is -1.30. The van der Waals surface area contributed by atoms with Crippen molar-refractivity contribution in [3.63, 3.8) is 0 Å². The highest BCUT2D eigenvalue weighted by atomic mass is 79.9. The number of halogens is 1. The summed E-state index contributed by atoms with van der Waals surface area (Å²) in [6.45, 7) is 5.55. The molecule has 0 spiro atoms. The van der Waals surface area contributed by atoms with E-state index in [9.17, 15) is 9.59 Å². The Kier molecular flexibility index (Phi) is 4.21. The zero-order valence-corrected chi connectivity index (χ0v) is 12.5. The van der Waals surface area contributed by atoms with Gasteiger partial charge in [0.1, 0.15) is 11.7 Å². The maximum Gasteiger partial charge on any atom is 0.268 e. The summed E-state index contributed by atoms with van der Waals surface area (Å²) in [6.07, 6.45) is 1.77. The molecule has 2 amide bonds. The molecule has 18 heavy (non-hydrogen) atoms. The molecule has 0 bridgehead atoms. The second kappa shape index (κ2) is 5.14. The third-order valence-corrected chi connectivity index (χ3v) is 3.06. The molecule has 0 aromatic carbocycles. The van der Waals surface area contributed by atoms with Crippen molar-refractivity contribution in [3.05, 3.63) is 22.4 Å². The zero-order valence-electron chi connectivity index (χ0n) is 11.0. The summed E-state index contributed by atoms with van der Waals surface area (Å²) in [5.41, 5.74) is 5.37. The molecule has 1 rings (SSSR count). The molecule has 6 heteroatoms. The van der Waals surface area contributed by atoms with Crippen LogP contribution in [0.3, 0.4) is 0 Å². The van der Waals surface area contributed by atoms with Crippen LogP contribution in [-0.2, 0) is 11.8 Å². The van der Waals surface area contributed by atoms with Gasteiger partial charge in [0.15, 0.2) is 0 Å². The first kappa shape index (κ1) is 14.8. The summed E-state index contributed by atoms with van der Waals surface area (Å²) >= 11 is 3.29. The van der Waals surface area contributed by atoms with Gasteiger partial charge in [0.2, 0.25) is 5.91 Å². The number of nitrogens with two attached hydrogens (primary N) is 1. The molecule has 1 atom stereocenters. The Morgan fingerprint density at radius 1 is 1.44 bits per heavy atom. The van der Waals surface area contributed by atoms with Gasteiger partial charge in [-0.3, -0.25) is 9.59 Å². The van der Waals surface area contributed by atoms with Crippen molar-refractivity contribution in [2.75, 3.05) is 0 Å². The molecule has 0 unspecified atom stereocenters. The third kappa shape index (κ3) is 3.35. The van der Waals surface area contributed by atoms with Gasteiger partial charge in [0, 0.05) is 17.7 Å². The van der Waals surface area contributed by atoms with Crippen LogP contribution in [0.4, 0.5) is 0 Å². The van der Waals surface area contributed by atoms with E-state index in [-0.39, 0.29) is 5.91 Å². The molecule has 1 aromatic rings. The van der Waals surface area contributed by atoms with Crippen molar-refractivity contribution in [2.24, 2.45) is 18.2 Å². The number of hydrogen-bond donors (Lipinski definition) is 2. The third-order valence-electron chi connectivity index (χ3n) is 2.63. The van der Waals surface area contributed by atoms with Crippen LogP contribution in [-0.4, -0.2) is 22.4 Å². The van der Waals surface area contributed by atoms with Crippen LogP contribution >= 0.6 is 15.9 Å². The highest BCUT2D eigenvalue weighted by Gasteiger charge is 2.31. The van der Waals surface area contributed by atoms with Gasteiger partial charge in [-0.15, -0.1) is 0 Å².